The van der Waals surface area contributed by atoms with Crippen molar-refractivity contribution in [1.29, 1.82) is 0 Å². The number of rotatable bonds is 4. The van der Waals surface area contributed by atoms with Crippen LogP contribution >= 0.6 is 11.3 Å². The van der Waals surface area contributed by atoms with Crippen molar-refractivity contribution in [3.8, 4) is 33.1 Å². The van der Waals surface area contributed by atoms with Gasteiger partial charge in [0.1, 0.15) is 11.5 Å². The topological polar surface area (TPSA) is 18.5 Å². The minimum Gasteiger partial charge on any atom is -0.497 e. The molecule has 3 rings (SSSR count). The molecule has 1 aromatic heterocycles. The first-order chi connectivity index (χ1) is 11.3. The molecule has 0 bridgehead atoms. The van der Waals surface area contributed by atoms with Crippen LogP contribution in [0.3, 0.4) is 0 Å². The lowest BCUT2D eigenvalue weighted by Crippen LogP contribution is -1.82. The van der Waals surface area contributed by atoms with Crippen LogP contribution in [0.1, 0.15) is 13.8 Å². The molecule has 3 heteroatoms. The van der Waals surface area contributed by atoms with Crippen molar-refractivity contribution < 1.29 is 9.47 Å². The Morgan fingerprint density at radius 2 is 1.13 bits per heavy atom. The van der Waals surface area contributed by atoms with Crippen molar-refractivity contribution in [2.75, 3.05) is 14.2 Å². The minimum absolute atomic E-state index is 0.879. The van der Waals surface area contributed by atoms with Crippen molar-refractivity contribution in [2.45, 2.75) is 13.8 Å². The van der Waals surface area contributed by atoms with Crippen molar-refractivity contribution in [2.24, 2.45) is 0 Å². The standard InChI is InChI=1S/C18H16O2S.C2H6/c1-19-16-7-3-13(4-8-16)15-11-18(21-12-15)14-5-9-17(20-2)10-6-14;1-2/h3-12H,1-2H3;1-2H3. The Balaban J connectivity index is 0.000000924. The normalized spacial score (nSPS) is 9.74. The van der Waals surface area contributed by atoms with Gasteiger partial charge in [-0.15, -0.1) is 11.3 Å². The van der Waals surface area contributed by atoms with E-state index in [0.29, 0.717) is 0 Å². The molecule has 0 fully saturated rings. The van der Waals surface area contributed by atoms with Gasteiger partial charge in [-0.05, 0) is 64.5 Å². The van der Waals surface area contributed by atoms with Crippen LogP contribution < -0.4 is 9.47 Å². The summed E-state index contributed by atoms with van der Waals surface area (Å²) in [5.41, 5.74) is 3.64. The summed E-state index contributed by atoms with van der Waals surface area (Å²) in [6.45, 7) is 4.00. The average Bonchev–Trinajstić information content (AvgIpc) is 3.13. The van der Waals surface area contributed by atoms with Crippen LogP contribution in [-0.2, 0) is 0 Å². The first kappa shape index (κ1) is 17.1. The zero-order chi connectivity index (χ0) is 16.7. The summed E-state index contributed by atoms with van der Waals surface area (Å²) in [4.78, 5) is 1.25. The number of hydrogen-bond donors (Lipinski definition) is 0. The highest BCUT2D eigenvalue weighted by molar-refractivity contribution is 7.14. The Bertz CT molecular complexity index is 650. The Hall–Kier alpha value is -2.26. The van der Waals surface area contributed by atoms with Gasteiger partial charge in [0.2, 0.25) is 0 Å². The average molecular weight is 326 g/mol. The summed E-state index contributed by atoms with van der Waals surface area (Å²) in [7, 11) is 3.36. The molecule has 2 nitrogen and oxygen atoms in total. The summed E-state index contributed by atoms with van der Waals surface area (Å²) in [6, 6.07) is 18.5. The molecule has 0 aliphatic carbocycles. The van der Waals surface area contributed by atoms with E-state index in [2.05, 4.69) is 35.7 Å². The molecule has 0 aliphatic heterocycles. The number of ether oxygens (including phenoxy) is 2. The van der Waals surface area contributed by atoms with Gasteiger partial charge in [0, 0.05) is 4.88 Å². The third kappa shape index (κ3) is 4.14. The number of hydrogen-bond acceptors (Lipinski definition) is 3. The fraction of sp³-hybridized carbons (Fsp3) is 0.200. The van der Waals surface area contributed by atoms with Gasteiger partial charge < -0.3 is 9.47 Å². The van der Waals surface area contributed by atoms with E-state index < -0.39 is 0 Å². The van der Waals surface area contributed by atoms with Gasteiger partial charge in [0.25, 0.3) is 0 Å². The molecular formula is C20H22O2S. The van der Waals surface area contributed by atoms with Crippen LogP contribution in [0.2, 0.25) is 0 Å². The van der Waals surface area contributed by atoms with E-state index in [-0.39, 0.29) is 0 Å². The zero-order valence-electron chi connectivity index (χ0n) is 14.0. The van der Waals surface area contributed by atoms with Gasteiger partial charge in [-0.1, -0.05) is 26.0 Å². The number of thiophene rings is 1. The summed E-state index contributed by atoms with van der Waals surface area (Å²) in [5, 5.41) is 2.18. The highest BCUT2D eigenvalue weighted by atomic mass is 32.1. The highest BCUT2D eigenvalue weighted by Gasteiger charge is 2.05. The van der Waals surface area contributed by atoms with Crippen molar-refractivity contribution in [3.05, 3.63) is 60.0 Å². The van der Waals surface area contributed by atoms with Gasteiger partial charge in [-0.3, -0.25) is 0 Å². The summed E-state index contributed by atoms with van der Waals surface area (Å²) in [6.07, 6.45) is 0. The second-order valence-corrected chi connectivity index (χ2v) is 5.57. The molecule has 120 valence electrons. The largest absolute Gasteiger partial charge is 0.497 e. The fourth-order valence-corrected chi connectivity index (χ4v) is 3.10. The van der Waals surface area contributed by atoms with Crippen LogP contribution in [0.15, 0.2) is 60.0 Å². The van der Waals surface area contributed by atoms with Crippen molar-refractivity contribution in [1.82, 2.24) is 0 Å². The second-order valence-electron chi connectivity index (χ2n) is 4.66. The van der Waals surface area contributed by atoms with Crippen molar-refractivity contribution >= 4 is 11.3 Å². The van der Waals surface area contributed by atoms with Gasteiger partial charge in [0.05, 0.1) is 14.2 Å². The van der Waals surface area contributed by atoms with Gasteiger partial charge in [-0.2, -0.15) is 0 Å². The lowest BCUT2D eigenvalue weighted by Gasteiger charge is -2.02. The van der Waals surface area contributed by atoms with Crippen LogP contribution in [0.4, 0.5) is 0 Å². The van der Waals surface area contributed by atoms with E-state index in [1.165, 1.54) is 21.6 Å². The molecule has 0 amide bonds. The van der Waals surface area contributed by atoms with E-state index in [4.69, 9.17) is 9.47 Å². The van der Waals surface area contributed by atoms with E-state index in [9.17, 15) is 0 Å². The van der Waals surface area contributed by atoms with E-state index in [0.717, 1.165) is 11.5 Å². The van der Waals surface area contributed by atoms with Crippen LogP contribution in [0.25, 0.3) is 21.6 Å². The Morgan fingerprint density at radius 3 is 1.61 bits per heavy atom. The Labute approximate surface area is 142 Å². The number of methoxy groups -OCH3 is 2. The molecular weight excluding hydrogens is 304 g/mol. The third-order valence-electron chi connectivity index (χ3n) is 3.40. The number of benzene rings is 2. The van der Waals surface area contributed by atoms with Crippen molar-refractivity contribution in [3.63, 3.8) is 0 Å². The Kier molecular flexibility index (Phi) is 6.24. The molecule has 0 aliphatic rings. The fourth-order valence-electron chi connectivity index (χ4n) is 2.18. The molecule has 0 atom stereocenters. The SMILES string of the molecule is CC.COc1ccc(-c2csc(-c3ccc(OC)cc3)c2)cc1. The van der Waals surface area contributed by atoms with Gasteiger partial charge in [0.15, 0.2) is 0 Å². The maximum absolute atomic E-state index is 5.19. The lowest BCUT2D eigenvalue weighted by atomic mass is 10.1. The van der Waals surface area contributed by atoms with Crippen LogP contribution in [-0.4, -0.2) is 14.2 Å². The van der Waals surface area contributed by atoms with Gasteiger partial charge in [-0.25, -0.2) is 0 Å². The first-order valence-electron chi connectivity index (χ1n) is 7.67. The summed E-state index contributed by atoms with van der Waals surface area (Å²) < 4.78 is 10.4. The highest BCUT2D eigenvalue weighted by Crippen LogP contribution is 2.33. The lowest BCUT2D eigenvalue weighted by molar-refractivity contribution is 0.415. The van der Waals surface area contributed by atoms with Crippen LogP contribution in [0.5, 0.6) is 11.5 Å². The molecule has 0 saturated heterocycles. The van der Waals surface area contributed by atoms with E-state index in [1.54, 1.807) is 25.6 Å². The summed E-state index contributed by atoms with van der Waals surface area (Å²) >= 11 is 1.75. The van der Waals surface area contributed by atoms with Crippen LogP contribution in [0, 0.1) is 0 Å². The smallest absolute Gasteiger partial charge is 0.118 e. The molecule has 0 N–H and O–H groups in total. The van der Waals surface area contributed by atoms with E-state index >= 15 is 0 Å². The molecule has 0 saturated carbocycles. The van der Waals surface area contributed by atoms with Gasteiger partial charge >= 0.3 is 0 Å². The third-order valence-corrected chi connectivity index (χ3v) is 4.38. The Morgan fingerprint density at radius 1 is 0.652 bits per heavy atom. The summed E-state index contributed by atoms with van der Waals surface area (Å²) in [5.74, 6) is 1.76. The van der Waals surface area contributed by atoms with E-state index in [1.807, 2.05) is 38.1 Å². The molecule has 0 spiro atoms. The second kappa shape index (κ2) is 8.39. The molecule has 0 radical (unpaired) electrons. The first-order valence-corrected chi connectivity index (χ1v) is 8.55. The maximum Gasteiger partial charge on any atom is 0.118 e. The zero-order valence-corrected chi connectivity index (χ0v) is 14.8. The monoisotopic (exact) mass is 326 g/mol. The predicted octanol–water partition coefficient (Wildman–Crippen LogP) is 6.13. The molecule has 3 aromatic rings. The molecule has 2 aromatic carbocycles. The minimum atomic E-state index is 0.879. The molecule has 1 heterocycles. The predicted molar refractivity (Wildman–Crippen MR) is 99.6 cm³/mol. The molecule has 23 heavy (non-hydrogen) atoms. The maximum atomic E-state index is 5.19. The molecule has 0 unspecified atom stereocenters. The quantitative estimate of drug-likeness (QED) is 0.574.